The van der Waals surface area contributed by atoms with Gasteiger partial charge in [0.15, 0.2) is 0 Å². The van der Waals surface area contributed by atoms with Crippen molar-refractivity contribution in [3.63, 3.8) is 0 Å². The zero-order chi connectivity index (χ0) is 18.0. The molecule has 1 aliphatic heterocycles. The first-order valence-corrected chi connectivity index (χ1v) is 10.0. The summed E-state index contributed by atoms with van der Waals surface area (Å²) in [4.78, 5) is 2.58. The van der Waals surface area contributed by atoms with Crippen molar-refractivity contribution in [2.45, 2.75) is 44.9 Å². The van der Waals surface area contributed by atoms with Crippen molar-refractivity contribution in [2.75, 3.05) is 19.6 Å². The van der Waals surface area contributed by atoms with Crippen LogP contribution >= 0.6 is 0 Å². The van der Waals surface area contributed by atoms with Crippen LogP contribution in [0.15, 0.2) is 60.7 Å². The standard InChI is InChI=1S/C24H30FN/c25-24-16-14-23(15-17-24)22(12-7-11-21-9-3-1-4-10-21)13-8-20-26-18-5-2-6-19-26/h1,3-4,9-10,13-17H,2,5-8,11-12,18-20H2/b22-13-. The van der Waals surface area contributed by atoms with Crippen molar-refractivity contribution in [3.8, 4) is 0 Å². The minimum Gasteiger partial charge on any atom is -0.303 e. The highest BCUT2D eigenvalue weighted by molar-refractivity contribution is 5.65. The van der Waals surface area contributed by atoms with Crippen LogP contribution in [0.25, 0.3) is 5.57 Å². The molecular formula is C24H30FN. The summed E-state index contributed by atoms with van der Waals surface area (Å²) in [6.07, 6.45) is 10.8. The second kappa shape index (κ2) is 10.3. The van der Waals surface area contributed by atoms with Crippen LogP contribution in [0.2, 0.25) is 0 Å². The molecule has 0 unspecified atom stereocenters. The third-order valence-corrected chi connectivity index (χ3v) is 5.25. The van der Waals surface area contributed by atoms with Crippen molar-refractivity contribution in [1.29, 1.82) is 0 Å². The molecule has 26 heavy (non-hydrogen) atoms. The van der Waals surface area contributed by atoms with Crippen LogP contribution in [0.5, 0.6) is 0 Å². The number of nitrogens with zero attached hydrogens (tertiary/aromatic N) is 1. The number of halogens is 1. The first-order chi connectivity index (χ1) is 12.8. The summed E-state index contributed by atoms with van der Waals surface area (Å²) >= 11 is 0. The number of likely N-dealkylation sites (tertiary alicyclic amines) is 1. The van der Waals surface area contributed by atoms with Gasteiger partial charge in [-0.05, 0) is 80.4 Å². The summed E-state index contributed by atoms with van der Waals surface area (Å²) in [7, 11) is 0. The number of hydrogen-bond donors (Lipinski definition) is 0. The van der Waals surface area contributed by atoms with Crippen molar-refractivity contribution in [2.24, 2.45) is 0 Å². The summed E-state index contributed by atoms with van der Waals surface area (Å²) in [6, 6.07) is 17.6. The second-order valence-electron chi connectivity index (χ2n) is 7.27. The van der Waals surface area contributed by atoms with Crippen molar-refractivity contribution in [3.05, 3.63) is 77.6 Å². The van der Waals surface area contributed by atoms with Gasteiger partial charge >= 0.3 is 0 Å². The Morgan fingerprint density at radius 2 is 1.65 bits per heavy atom. The monoisotopic (exact) mass is 351 g/mol. The molecule has 0 spiro atoms. The molecule has 0 bridgehead atoms. The SMILES string of the molecule is Fc1ccc(/C(=C\CCN2CCCCC2)CCCc2ccccc2)cc1. The van der Waals surface area contributed by atoms with Crippen LogP contribution in [0.1, 0.15) is 49.7 Å². The molecule has 0 saturated carbocycles. The Labute approximate surface area is 157 Å². The van der Waals surface area contributed by atoms with Crippen LogP contribution in [-0.4, -0.2) is 24.5 Å². The van der Waals surface area contributed by atoms with E-state index in [9.17, 15) is 4.39 Å². The quantitative estimate of drug-likeness (QED) is 0.555. The number of piperidine rings is 1. The third-order valence-electron chi connectivity index (χ3n) is 5.25. The van der Waals surface area contributed by atoms with Gasteiger partial charge in [0.1, 0.15) is 5.82 Å². The highest BCUT2D eigenvalue weighted by Crippen LogP contribution is 2.23. The van der Waals surface area contributed by atoms with Gasteiger partial charge in [0.25, 0.3) is 0 Å². The lowest BCUT2D eigenvalue weighted by atomic mass is 9.97. The normalized spacial score (nSPS) is 16.0. The molecule has 0 N–H and O–H groups in total. The van der Waals surface area contributed by atoms with Crippen molar-refractivity contribution >= 4 is 5.57 Å². The molecule has 0 atom stereocenters. The maximum absolute atomic E-state index is 13.3. The Morgan fingerprint density at radius 3 is 2.38 bits per heavy atom. The highest BCUT2D eigenvalue weighted by atomic mass is 19.1. The zero-order valence-corrected chi connectivity index (χ0v) is 15.7. The molecule has 2 aromatic rings. The van der Waals surface area contributed by atoms with Gasteiger partial charge in [-0.1, -0.05) is 55.0 Å². The third kappa shape index (κ3) is 6.10. The van der Waals surface area contributed by atoms with Gasteiger partial charge in [-0.15, -0.1) is 0 Å². The molecule has 0 radical (unpaired) electrons. The van der Waals surface area contributed by atoms with E-state index in [1.54, 1.807) is 12.1 Å². The molecule has 138 valence electrons. The van der Waals surface area contributed by atoms with E-state index < -0.39 is 0 Å². The Hall–Kier alpha value is -1.93. The fourth-order valence-electron chi connectivity index (χ4n) is 3.76. The number of rotatable bonds is 8. The Kier molecular flexibility index (Phi) is 7.45. The van der Waals surface area contributed by atoms with E-state index in [0.29, 0.717) is 0 Å². The van der Waals surface area contributed by atoms with Gasteiger partial charge in [-0.3, -0.25) is 0 Å². The van der Waals surface area contributed by atoms with E-state index in [0.717, 1.165) is 37.8 Å². The van der Waals surface area contributed by atoms with Gasteiger partial charge in [0, 0.05) is 6.54 Å². The molecular weight excluding hydrogens is 321 g/mol. The lowest BCUT2D eigenvalue weighted by Gasteiger charge is -2.25. The molecule has 1 saturated heterocycles. The maximum atomic E-state index is 13.3. The number of hydrogen-bond acceptors (Lipinski definition) is 1. The summed E-state index contributed by atoms with van der Waals surface area (Å²) in [5, 5.41) is 0. The topological polar surface area (TPSA) is 3.24 Å². The number of allylic oxidation sites excluding steroid dienone is 1. The van der Waals surface area contributed by atoms with Crippen molar-refractivity contribution in [1.82, 2.24) is 4.90 Å². The molecule has 0 aliphatic carbocycles. The molecule has 3 rings (SSSR count). The summed E-state index contributed by atoms with van der Waals surface area (Å²) in [6.45, 7) is 3.63. The van der Waals surface area contributed by atoms with Crippen LogP contribution in [-0.2, 0) is 6.42 Å². The van der Waals surface area contributed by atoms with Gasteiger partial charge < -0.3 is 4.90 Å². The van der Waals surface area contributed by atoms with E-state index in [-0.39, 0.29) is 5.82 Å². The first-order valence-electron chi connectivity index (χ1n) is 10.0. The van der Waals surface area contributed by atoms with E-state index in [1.807, 2.05) is 12.1 Å². The summed E-state index contributed by atoms with van der Waals surface area (Å²) < 4.78 is 13.3. The molecule has 1 heterocycles. The average Bonchev–Trinajstić information content (AvgIpc) is 2.69. The molecule has 0 aromatic heterocycles. The fraction of sp³-hybridized carbons (Fsp3) is 0.417. The van der Waals surface area contributed by atoms with Gasteiger partial charge in [-0.2, -0.15) is 0 Å². The molecule has 0 amide bonds. The van der Waals surface area contributed by atoms with Crippen LogP contribution in [0.4, 0.5) is 4.39 Å². The zero-order valence-electron chi connectivity index (χ0n) is 15.7. The Bertz CT molecular complexity index is 669. The fourth-order valence-corrected chi connectivity index (χ4v) is 3.76. The Morgan fingerprint density at radius 1 is 0.923 bits per heavy atom. The minimum atomic E-state index is -0.161. The molecule has 1 nitrogen and oxygen atoms in total. The average molecular weight is 352 g/mol. The molecule has 1 aliphatic rings. The van der Waals surface area contributed by atoms with Gasteiger partial charge in [-0.25, -0.2) is 4.39 Å². The second-order valence-corrected chi connectivity index (χ2v) is 7.27. The largest absolute Gasteiger partial charge is 0.303 e. The number of aryl methyl sites for hydroxylation is 1. The minimum absolute atomic E-state index is 0.161. The summed E-state index contributed by atoms with van der Waals surface area (Å²) in [5.41, 5.74) is 3.91. The molecule has 2 heteroatoms. The van der Waals surface area contributed by atoms with E-state index in [1.165, 1.54) is 43.5 Å². The van der Waals surface area contributed by atoms with Crippen LogP contribution < -0.4 is 0 Å². The first kappa shape index (κ1) is 18.8. The smallest absolute Gasteiger partial charge is 0.123 e. The predicted molar refractivity (Wildman–Crippen MR) is 109 cm³/mol. The predicted octanol–water partition coefficient (Wildman–Crippen LogP) is 6.11. The lowest BCUT2D eigenvalue weighted by Crippen LogP contribution is -2.30. The van der Waals surface area contributed by atoms with E-state index >= 15 is 0 Å². The summed E-state index contributed by atoms with van der Waals surface area (Å²) in [5.74, 6) is -0.161. The van der Waals surface area contributed by atoms with E-state index in [4.69, 9.17) is 0 Å². The Balaban J connectivity index is 1.59. The maximum Gasteiger partial charge on any atom is 0.123 e. The van der Waals surface area contributed by atoms with E-state index in [2.05, 4.69) is 41.3 Å². The van der Waals surface area contributed by atoms with Crippen LogP contribution in [0.3, 0.4) is 0 Å². The molecule has 2 aromatic carbocycles. The van der Waals surface area contributed by atoms with Crippen molar-refractivity contribution < 1.29 is 4.39 Å². The lowest BCUT2D eigenvalue weighted by molar-refractivity contribution is 0.233. The van der Waals surface area contributed by atoms with Gasteiger partial charge in [0.05, 0.1) is 0 Å². The molecule has 1 fully saturated rings. The highest BCUT2D eigenvalue weighted by Gasteiger charge is 2.09. The van der Waals surface area contributed by atoms with Crippen LogP contribution in [0, 0.1) is 5.82 Å². The number of benzene rings is 2. The van der Waals surface area contributed by atoms with Gasteiger partial charge in [0.2, 0.25) is 0 Å².